The lowest BCUT2D eigenvalue weighted by Crippen LogP contribution is -2.40. The van der Waals surface area contributed by atoms with Crippen LogP contribution >= 0.6 is 0 Å². The van der Waals surface area contributed by atoms with E-state index >= 15 is 0 Å². The monoisotopic (exact) mass is 258 g/mol. The van der Waals surface area contributed by atoms with Crippen molar-refractivity contribution in [2.75, 3.05) is 46.8 Å². The third kappa shape index (κ3) is 9.83. The Kier molecular flexibility index (Phi) is 10.6. The number of hydrogen-bond donors (Lipinski definition) is 3. The summed E-state index contributed by atoms with van der Waals surface area (Å²) in [4.78, 5) is 2.29. The minimum atomic E-state index is 0.288. The van der Waals surface area contributed by atoms with Crippen LogP contribution in [0.15, 0.2) is 0 Å². The molecule has 0 spiro atoms. The Morgan fingerprint density at radius 1 is 0.889 bits per heavy atom. The predicted octanol–water partition coefficient (Wildman–Crippen LogP) is 1.02. The molecule has 0 atom stereocenters. The molecule has 0 aromatic carbocycles. The van der Waals surface area contributed by atoms with Crippen LogP contribution in [-0.2, 0) is 0 Å². The van der Waals surface area contributed by atoms with E-state index in [1.54, 1.807) is 0 Å². The fraction of sp³-hybridized carbons (Fsp3) is 1.00. The highest BCUT2D eigenvalue weighted by molar-refractivity contribution is 4.77. The van der Waals surface area contributed by atoms with E-state index in [9.17, 15) is 0 Å². The van der Waals surface area contributed by atoms with Crippen molar-refractivity contribution in [1.82, 2.24) is 15.5 Å². The van der Waals surface area contributed by atoms with Crippen LogP contribution in [0.5, 0.6) is 0 Å². The van der Waals surface area contributed by atoms with Crippen LogP contribution in [0.1, 0.15) is 39.5 Å². The van der Waals surface area contributed by atoms with Gasteiger partial charge in [0.1, 0.15) is 0 Å². The smallest absolute Gasteiger partial charge is 0.0159 e. The second kappa shape index (κ2) is 10.7. The standard InChI is InChI=1S/C14H34N4/c1-14(2,18(3)4)8-13-17-11-6-5-10-16-12-7-9-15/h16-17H,5-13,15H2,1-4H3. The molecule has 0 heterocycles. The van der Waals surface area contributed by atoms with Crippen LogP contribution in [0.2, 0.25) is 0 Å². The van der Waals surface area contributed by atoms with Crippen molar-refractivity contribution in [1.29, 1.82) is 0 Å². The normalized spacial score (nSPS) is 12.3. The lowest BCUT2D eigenvalue weighted by Gasteiger charge is -2.32. The van der Waals surface area contributed by atoms with Gasteiger partial charge in [0.05, 0.1) is 0 Å². The first-order valence-corrected chi connectivity index (χ1v) is 7.29. The van der Waals surface area contributed by atoms with E-state index < -0.39 is 0 Å². The highest BCUT2D eigenvalue weighted by Crippen LogP contribution is 2.13. The van der Waals surface area contributed by atoms with E-state index in [-0.39, 0.29) is 5.54 Å². The summed E-state index contributed by atoms with van der Waals surface area (Å²) in [7, 11) is 4.29. The average molecular weight is 258 g/mol. The van der Waals surface area contributed by atoms with Crippen LogP contribution in [0.4, 0.5) is 0 Å². The molecule has 0 aliphatic heterocycles. The molecular weight excluding hydrogens is 224 g/mol. The first-order valence-electron chi connectivity index (χ1n) is 7.29. The fourth-order valence-electron chi connectivity index (χ4n) is 1.59. The molecule has 18 heavy (non-hydrogen) atoms. The molecule has 0 saturated carbocycles. The van der Waals surface area contributed by atoms with E-state index in [0.29, 0.717) is 0 Å². The molecule has 4 nitrogen and oxygen atoms in total. The summed E-state index contributed by atoms with van der Waals surface area (Å²) in [5.74, 6) is 0. The van der Waals surface area contributed by atoms with E-state index in [0.717, 1.165) is 39.1 Å². The van der Waals surface area contributed by atoms with Gasteiger partial charge in [0.2, 0.25) is 0 Å². The molecular formula is C14H34N4. The molecule has 0 bridgehead atoms. The lowest BCUT2D eigenvalue weighted by molar-refractivity contribution is 0.181. The molecule has 0 amide bonds. The van der Waals surface area contributed by atoms with Gasteiger partial charge in [-0.05, 0) is 86.3 Å². The number of hydrogen-bond acceptors (Lipinski definition) is 4. The highest BCUT2D eigenvalue weighted by atomic mass is 15.1. The molecule has 0 saturated heterocycles. The molecule has 0 aromatic heterocycles. The Labute approximate surface area is 114 Å². The molecule has 0 aliphatic rings. The predicted molar refractivity (Wildman–Crippen MR) is 81.0 cm³/mol. The molecule has 4 heteroatoms. The van der Waals surface area contributed by atoms with Gasteiger partial charge in [-0.25, -0.2) is 0 Å². The molecule has 0 fully saturated rings. The number of nitrogens with two attached hydrogens (primary N) is 1. The maximum atomic E-state index is 5.43. The Hall–Kier alpha value is -0.160. The largest absolute Gasteiger partial charge is 0.330 e. The van der Waals surface area contributed by atoms with Crippen LogP contribution in [0, 0.1) is 0 Å². The van der Waals surface area contributed by atoms with Crippen LogP contribution < -0.4 is 16.4 Å². The van der Waals surface area contributed by atoms with Gasteiger partial charge < -0.3 is 21.3 Å². The quantitative estimate of drug-likeness (QED) is 0.458. The van der Waals surface area contributed by atoms with E-state index in [1.165, 1.54) is 19.3 Å². The number of nitrogens with one attached hydrogen (secondary N) is 2. The number of rotatable bonds is 12. The van der Waals surface area contributed by atoms with Crippen molar-refractivity contribution >= 4 is 0 Å². The summed E-state index contributed by atoms with van der Waals surface area (Å²) in [6.45, 7) is 9.77. The highest BCUT2D eigenvalue weighted by Gasteiger charge is 2.18. The van der Waals surface area contributed by atoms with Crippen molar-refractivity contribution in [3.05, 3.63) is 0 Å². The summed E-state index contributed by atoms with van der Waals surface area (Å²) < 4.78 is 0. The van der Waals surface area contributed by atoms with Gasteiger partial charge >= 0.3 is 0 Å². The third-order valence-electron chi connectivity index (χ3n) is 3.64. The zero-order valence-electron chi connectivity index (χ0n) is 12.9. The molecule has 0 aromatic rings. The Balaban J connectivity index is 3.21. The zero-order valence-corrected chi connectivity index (χ0v) is 12.9. The minimum Gasteiger partial charge on any atom is -0.330 e. The maximum absolute atomic E-state index is 5.43. The van der Waals surface area contributed by atoms with Crippen molar-refractivity contribution < 1.29 is 0 Å². The minimum absolute atomic E-state index is 0.288. The SMILES string of the molecule is CN(C)C(C)(C)CCNCCCCNCCCN. The summed E-state index contributed by atoms with van der Waals surface area (Å²) >= 11 is 0. The molecule has 110 valence electrons. The van der Waals surface area contributed by atoms with Crippen LogP contribution in [0.3, 0.4) is 0 Å². The molecule has 4 N–H and O–H groups in total. The van der Waals surface area contributed by atoms with Gasteiger partial charge in [0, 0.05) is 5.54 Å². The van der Waals surface area contributed by atoms with E-state index in [2.05, 4.69) is 43.5 Å². The fourth-order valence-corrected chi connectivity index (χ4v) is 1.59. The van der Waals surface area contributed by atoms with Gasteiger partial charge in [-0.2, -0.15) is 0 Å². The van der Waals surface area contributed by atoms with E-state index in [1.807, 2.05) is 0 Å². The van der Waals surface area contributed by atoms with Gasteiger partial charge in [-0.15, -0.1) is 0 Å². The maximum Gasteiger partial charge on any atom is 0.0159 e. The summed E-state index contributed by atoms with van der Waals surface area (Å²) in [6, 6.07) is 0. The van der Waals surface area contributed by atoms with Crippen molar-refractivity contribution in [3.63, 3.8) is 0 Å². The van der Waals surface area contributed by atoms with Gasteiger partial charge in [0.25, 0.3) is 0 Å². The van der Waals surface area contributed by atoms with Crippen molar-refractivity contribution in [2.24, 2.45) is 5.73 Å². The topological polar surface area (TPSA) is 53.3 Å². The lowest BCUT2D eigenvalue weighted by atomic mass is 9.99. The van der Waals surface area contributed by atoms with Gasteiger partial charge in [-0.3, -0.25) is 0 Å². The summed E-state index contributed by atoms with van der Waals surface area (Å²) in [5, 5.41) is 6.93. The Morgan fingerprint density at radius 3 is 1.89 bits per heavy atom. The first kappa shape index (κ1) is 17.8. The summed E-state index contributed by atoms with van der Waals surface area (Å²) in [5.41, 5.74) is 5.72. The Morgan fingerprint density at radius 2 is 1.39 bits per heavy atom. The summed E-state index contributed by atoms with van der Waals surface area (Å²) in [6.07, 6.45) is 4.76. The van der Waals surface area contributed by atoms with E-state index in [4.69, 9.17) is 5.73 Å². The Bertz CT molecular complexity index is 181. The first-order chi connectivity index (χ1) is 8.50. The van der Waals surface area contributed by atoms with Gasteiger partial charge in [-0.1, -0.05) is 0 Å². The second-order valence-electron chi connectivity index (χ2n) is 5.81. The molecule has 0 rings (SSSR count). The van der Waals surface area contributed by atoms with Crippen LogP contribution in [-0.4, -0.2) is 57.3 Å². The van der Waals surface area contributed by atoms with Crippen LogP contribution in [0.25, 0.3) is 0 Å². The van der Waals surface area contributed by atoms with Crippen molar-refractivity contribution in [2.45, 2.75) is 45.1 Å². The van der Waals surface area contributed by atoms with Crippen molar-refractivity contribution in [3.8, 4) is 0 Å². The molecule has 0 aliphatic carbocycles. The zero-order chi connectivity index (χ0) is 13.9. The molecule has 0 unspecified atom stereocenters. The second-order valence-corrected chi connectivity index (χ2v) is 5.81. The molecule has 0 radical (unpaired) electrons. The number of nitrogens with zero attached hydrogens (tertiary/aromatic N) is 1. The average Bonchev–Trinajstić information content (AvgIpc) is 2.31. The number of unbranched alkanes of at least 4 members (excludes halogenated alkanes) is 1. The third-order valence-corrected chi connectivity index (χ3v) is 3.64. The van der Waals surface area contributed by atoms with Gasteiger partial charge in [0.15, 0.2) is 0 Å².